The minimum atomic E-state index is 0.0902. The van der Waals surface area contributed by atoms with Crippen molar-refractivity contribution in [2.75, 3.05) is 0 Å². The molecule has 0 saturated heterocycles. The molecule has 1 N–H and O–H groups in total. The molecular weight excluding hydrogens is 282 g/mol. The second-order valence-corrected chi connectivity index (χ2v) is 9.66. The molecule has 0 aromatic rings. The third kappa shape index (κ3) is 2.39. The summed E-state index contributed by atoms with van der Waals surface area (Å²) in [4.78, 5) is 12.7. The smallest absolute Gasteiger partial charge is 0.246 e. The summed E-state index contributed by atoms with van der Waals surface area (Å²) in [6.07, 6.45) is 13.6. The van der Waals surface area contributed by atoms with Gasteiger partial charge in [-0.15, -0.1) is 0 Å². The summed E-state index contributed by atoms with van der Waals surface area (Å²) in [6.45, 7) is 8.30. The van der Waals surface area contributed by atoms with Crippen LogP contribution >= 0.6 is 0 Å². The lowest BCUT2D eigenvalue weighted by molar-refractivity contribution is -0.153. The molecule has 5 aliphatic rings. The standard InChI is InChI=1S/C21H33NO/c1-14(2)19(23)22-21(16-7-5-4-6-8-16)17-9-15-10-18(21)13-20(3,11-15)12-17/h15-18H,1,4-13H2,2-3H3,(H,22,23). The Bertz CT molecular complexity index is 500. The van der Waals surface area contributed by atoms with Crippen LogP contribution in [0.1, 0.15) is 78.1 Å². The zero-order valence-corrected chi connectivity index (χ0v) is 15.0. The monoisotopic (exact) mass is 315 g/mol. The molecule has 4 bridgehead atoms. The second-order valence-electron chi connectivity index (χ2n) is 9.66. The molecule has 0 aliphatic heterocycles. The molecule has 5 fully saturated rings. The van der Waals surface area contributed by atoms with Crippen molar-refractivity contribution in [3.63, 3.8) is 0 Å². The van der Waals surface area contributed by atoms with Crippen molar-refractivity contribution in [3.05, 3.63) is 12.2 Å². The first-order valence-electron chi connectivity index (χ1n) is 9.91. The predicted molar refractivity (Wildman–Crippen MR) is 93.9 cm³/mol. The lowest BCUT2D eigenvalue weighted by Gasteiger charge is -2.67. The molecule has 2 atom stereocenters. The Labute approximate surface area is 141 Å². The van der Waals surface area contributed by atoms with Gasteiger partial charge in [-0.1, -0.05) is 32.8 Å². The quantitative estimate of drug-likeness (QED) is 0.742. The Morgan fingerprint density at radius 1 is 1.00 bits per heavy atom. The number of amides is 1. The first-order valence-corrected chi connectivity index (χ1v) is 9.91. The van der Waals surface area contributed by atoms with E-state index < -0.39 is 0 Å². The summed E-state index contributed by atoms with van der Waals surface area (Å²) in [7, 11) is 0. The van der Waals surface area contributed by atoms with Gasteiger partial charge in [0, 0.05) is 11.1 Å². The second kappa shape index (κ2) is 5.36. The zero-order chi connectivity index (χ0) is 16.2. The Morgan fingerprint density at radius 2 is 1.61 bits per heavy atom. The molecule has 23 heavy (non-hydrogen) atoms. The van der Waals surface area contributed by atoms with Gasteiger partial charge in [0.25, 0.3) is 0 Å². The van der Waals surface area contributed by atoms with E-state index in [0.717, 1.165) is 5.92 Å². The van der Waals surface area contributed by atoms with Gasteiger partial charge in [-0.3, -0.25) is 4.79 Å². The maximum Gasteiger partial charge on any atom is 0.246 e. The van der Waals surface area contributed by atoms with Crippen LogP contribution < -0.4 is 5.32 Å². The normalized spacial score (nSPS) is 45.9. The molecule has 128 valence electrons. The van der Waals surface area contributed by atoms with E-state index in [1.54, 1.807) is 0 Å². The fraction of sp³-hybridized carbons (Fsp3) is 0.857. The van der Waals surface area contributed by atoms with Crippen molar-refractivity contribution in [1.82, 2.24) is 5.32 Å². The molecule has 0 radical (unpaired) electrons. The highest BCUT2D eigenvalue weighted by atomic mass is 16.1. The van der Waals surface area contributed by atoms with Gasteiger partial charge < -0.3 is 5.32 Å². The van der Waals surface area contributed by atoms with Crippen LogP contribution in [0.15, 0.2) is 12.2 Å². The van der Waals surface area contributed by atoms with Crippen LogP contribution in [-0.4, -0.2) is 11.4 Å². The number of nitrogens with one attached hydrogen (secondary N) is 1. The number of hydrogen-bond donors (Lipinski definition) is 1. The van der Waals surface area contributed by atoms with E-state index >= 15 is 0 Å². The van der Waals surface area contributed by atoms with E-state index in [9.17, 15) is 4.79 Å². The maximum atomic E-state index is 12.7. The first-order chi connectivity index (χ1) is 10.9. The van der Waals surface area contributed by atoms with Crippen LogP contribution in [0.25, 0.3) is 0 Å². The van der Waals surface area contributed by atoms with Crippen molar-refractivity contribution in [1.29, 1.82) is 0 Å². The topological polar surface area (TPSA) is 29.1 Å². The molecule has 2 unspecified atom stereocenters. The van der Waals surface area contributed by atoms with Gasteiger partial charge in [-0.25, -0.2) is 0 Å². The summed E-state index contributed by atoms with van der Waals surface area (Å²) in [5, 5.41) is 3.62. The highest BCUT2D eigenvalue weighted by molar-refractivity contribution is 5.92. The Balaban J connectivity index is 1.70. The van der Waals surface area contributed by atoms with Crippen molar-refractivity contribution >= 4 is 5.91 Å². The Hall–Kier alpha value is -0.790. The van der Waals surface area contributed by atoms with Crippen molar-refractivity contribution < 1.29 is 4.79 Å². The summed E-state index contributed by atoms with van der Waals surface area (Å²) >= 11 is 0. The molecule has 2 nitrogen and oxygen atoms in total. The van der Waals surface area contributed by atoms with Crippen LogP contribution in [0.5, 0.6) is 0 Å². The average Bonchev–Trinajstić information content (AvgIpc) is 2.50. The van der Waals surface area contributed by atoms with Gasteiger partial charge in [-0.2, -0.15) is 0 Å². The summed E-state index contributed by atoms with van der Waals surface area (Å²) in [5.41, 5.74) is 1.33. The lowest BCUT2D eigenvalue weighted by atomic mass is 9.41. The summed E-state index contributed by atoms with van der Waals surface area (Å²) in [6, 6.07) is 0. The van der Waals surface area contributed by atoms with Gasteiger partial charge in [0.15, 0.2) is 0 Å². The first kappa shape index (κ1) is 15.7. The minimum absolute atomic E-state index is 0.0902. The maximum absolute atomic E-state index is 12.7. The van der Waals surface area contributed by atoms with E-state index in [1.807, 2.05) is 6.92 Å². The van der Waals surface area contributed by atoms with E-state index in [4.69, 9.17) is 0 Å². The molecule has 5 rings (SSSR count). The van der Waals surface area contributed by atoms with Crippen LogP contribution in [0.4, 0.5) is 0 Å². The highest BCUT2D eigenvalue weighted by Gasteiger charge is 2.63. The number of carbonyl (C=O) groups excluding carboxylic acids is 1. The van der Waals surface area contributed by atoms with Crippen molar-refractivity contribution in [3.8, 4) is 0 Å². The van der Waals surface area contributed by atoms with E-state index in [2.05, 4.69) is 18.8 Å². The molecule has 5 aliphatic carbocycles. The van der Waals surface area contributed by atoms with Gasteiger partial charge >= 0.3 is 0 Å². The van der Waals surface area contributed by atoms with E-state index in [1.165, 1.54) is 64.2 Å². The van der Waals surface area contributed by atoms with Gasteiger partial charge in [0.05, 0.1) is 0 Å². The Morgan fingerprint density at radius 3 is 2.13 bits per heavy atom. The predicted octanol–water partition coefficient (Wildman–Crippen LogP) is 4.84. The third-order valence-corrected chi connectivity index (χ3v) is 7.84. The third-order valence-electron chi connectivity index (χ3n) is 7.84. The van der Waals surface area contributed by atoms with E-state index in [0.29, 0.717) is 28.7 Å². The fourth-order valence-electron chi connectivity index (χ4n) is 7.29. The molecule has 1 amide bonds. The molecule has 0 aromatic carbocycles. The molecule has 2 heteroatoms. The van der Waals surface area contributed by atoms with Gasteiger partial charge in [0.2, 0.25) is 5.91 Å². The zero-order valence-electron chi connectivity index (χ0n) is 15.0. The summed E-state index contributed by atoms with van der Waals surface area (Å²) < 4.78 is 0. The number of hydrogen-bond acceptors (Lipinski definition) is 1. The van der Waals surface area contributed by atoms with Gasteiger partial charge in [-0.05, 0) is 81.0 Å². The van der Waals surface area contributed by atoms with Crippen LogP contribution in [0, 0.1) is 29.1 Å². The summed E-state index contributed by atoms with van der Waals surface area (Å²) in [5.74, 6) is 3.18. The van der Waals surface area contributed by atoms with Crippen LogP contribution in [0.3, 0.4) is 0 Å². The number of carbonyl (C=O) groups is 1. The highest BCUT2D eigenvalue weighted by Crippen LogP contribution is 2.66. The van der Waals surface area contributed by atoms with Crippen molar-refractivity contribution in [2.45, 2.75) is 83.6 Å². The lowest BCUT2D eigenvalue weighted by Crippen LogP contribution is -2.71. The van der Waals surface area contributed by atoms with E-state index in [-0.39, 0.29) is 11.4 Å². The molecule has 0 spiro atoms. The minimum Gasteiger partial charge on any atom is -0.346 e. The molecule has 5 saturated carbocycles. The largest absolute Gasteiger partial charge is 0.346 e. The Kier molecular flexibility index (Phi) is 3.66. The molecule has 0 aromatic heterocycles. The van der Waals surface area contributed by atoms with Crippen molar-refractivity contribution in [2.24, 2.45) is 29.1 Å². The van der Waals surface area contributed by atoms with Crippen LogP contribution in [-0.2, 0) is 4.79 Å². The molecular formula is C21H33NO. The molecule has 0 heterocycles. The van der Waals surface area contributed by atoms with Crippen LogP contribution in [0.2, 0.25) is 0 Å². The average molecular weight is 316 g/mol. The van der Waals surface area contributed by atoms with Gasteiger partial charge in [0.1, 0.15) is 0 Å². The number of rotatable bonds is 3. The fourth-order valence-corrected chi connectivity index (χ4v) is 7.29. The SMILES string of the molecule is C=C(C)C(=O)NC1(C2CCCCC2)C2CC3CC1CC(C)(C3)C2.